The van der Waals surface area contributed by atoms with Crippen molar-refractivity contribution in [1.82, 2.24) is 42.5 Å². The van der Waals surface area contributed by atoms with E-state index in [1.54, 1.807) is 13.8 Å². The third-order valence-electron chi connectivity index (χ3n) is 22.7. The first-order valence-corrected chi connectivity index (χ1v) is 40.1. The molecule has 8 aliphatic heterocycles. The Hall–Kier alpha value is -10.6. The number of carbonyl (C=O) groups excluding carboxylic acids is 7. The molecule has 652 valence electrons. The highest BCUT2D eigenvalue weighted by atomic mass is 35.5. The van der Waals surface area contributed by atoms with Gasteiger partial charge in [0, 0.05) is 53.2 Å². The molecule has 0 saturated carbocycles. The van der Waals surface area contributed by atoms with Crippen molar-refractivity contribution in [2.24, 2.45) is 17.4 Å². The first kappa shape index (κ1) is 89.1. The second kappa shape index (κ2) is 36.4. The average molecular weight is 1730 g/mol. The van der Waals surface area contributed by atoms with Crippen molar-refractivity contribution in [3.63, 3.8) is 0 Å². The molecule has 8 heterocycles. The van der Waals surface area contributed by atoms with Crippen molar-refractivity contribution in [2.45, 2.75) is 207 Å². The normalized spacial score (nSPS) is 30.2. The van der Waals surface area contributed by atoms with Crippen LogP contribution in [0.1, 0.15) is 131 Å². The van der Waals surface area contributed by atoms with E-state index >= 15 is 24.0 Å². The lowest BCUT2D eigenvalue weighted by Gasteiger charge is -2.48. The molecule has 0 radical (unpaired) electrons. The zero-order chi connectivity index (χ0) is 88.0. The van der Waals surface area contributed by atoms with Crippen molar-refractivity contribution in [3.8, 4) is 57.1 Å². The Morgan fingerprint density at radius 3 is 1.93 bits per heavy atom. The number of phenols is 3. The number of phenolic OH excluding ortho intramolecular Hbond substituents is 3. The minimum Gasteiger partial charge on any atom is -0.508 e. The van der Waals surface area contributed by atoms with Crippen LogP contribution in [0.3, 0.4) is 0 Å². The van der Waals surface area contributed by atoms with Crippen molar-refractivity contribution in [2.75, 3.05) is 13.7 Å². The first-order valence-electron chi connectivity index (χ1n) is 39.3. The maximum Gasteiger partial charge on any atom is 0.330 e. The predicted molar refractivity (Wildman–Crippen MR) is 432 cm³/mol. The number of carbonyl (C=O) groups is 8. The minimum atomic E-state index is -2.39. The maximum atomic E-state index is 16.5. The molecule has 3 fully saturated rings. The van der Waals surface area contributed by atoms with Crippen LogP contribution in [0.5, 0.6) is 46.0 Å². The lowest BCUT2D eigenvalue weighted by molar-refractivity contribution is -0.334. The van der Waals surface area contributed by atoms with Gasteiger partial charge in [0.2, 0.25) is 53.4 Å². The number of amides is 7. The molecule has 7 aromatic carbocycles. The van der Waals surface area contributed by atoms with Gasteiger partial charge >= 0.3 is 5.97 Å². The van der Waals surface area contributed by atoms with Gasteiger partial charge in [-0.2, -0.15) is 0 Å². The Bertz CT molecular complexity index is 5180. The number of carboxylic acid groups (broad SMARTS) is 1. The number of fused-ring (bicyclic) bond motifs is 16. The lowest BCUT2D eigenvalue weighted by atomic mass is 9.84. The fourth-order valence-corrected chi connectivity index (χ4v) is 16.6. The average Bonchev–Trinajstić information content (AvgIpc) is 0.760. The number of hydrogen-bond acceptors (Lipinski definition) is 28. The Morgan fingerprint density at radius 2 is 1.28 bits per heavy atom. The van der Waals surface area contributed by atoms with Crippen LogP contribution in [0.4, 0.5) is 0 Å². The van der Waals surface area contributed by atoms with Gasteiger partial charge < -0.3 is 143 Å². The number of aliphatic carboxylic acids is 1. The molecule has 7 amide bonds. The molecule has 8 aliphatic rings. The van der Waals surface area contributed by atoms with E-state index in [0.29, 0.717) is 0 Å². The number of carboxylic acids is 1. The summed E-state index contributed by atoms with van der Waals surface area (Å²) in [5, 5.41) is 139. The molecule has 0 spiro atoms. The largest absolute Gasteiger partial charge is 0.508 e. The molecule has 0 aromatic heterocycles. The fourth-order valence-electron chi connectivity index (χ4n) is 16.1. The molecule has 7 aromatic rings. The van der Waals surface area contributed by atoms with E-state index in [1.807, 2.05) is 56.3 Å². The second-order valence-electron chi connectivity index (χ2n) is 32.2. The summed E-state index contributed by atoms with van der Waals surface area (Å²) in [7, 11) is 1.48. The summed E-state index contributed by atoms with van der Waals surface area (Å²) < 4.78 is 52.9. The monoisotopic (exact) mass is 1730 g/mol. The molecular formula is C84H96Cl2N10O26. The molecule has 0 unspecified atom stereocenters. The summed E-state index contributed by atoms with van der Waals surface area (Å²) >= 11 is 14.7. The van der Waals surface area contributed by atoms with E-state index in [9.17, 15) is 65.4 Å². The molecular weight excluding hydrogens is 1640 g/mol. The van der Waals surface area contributed by atoms with E-state index < -0.39 is 261 Å². The summed E-state index contributed by atoms with van der Waals surface area (Å²) in [4.78, 5) is 121. The molecule has 38 heteroatoms. The van der Waals surface area contributed by atoms with Crippen LogP contribution in [0, 0.1) is 5.92 Å². The molecule has 11 bridgehead atoms. The molecule has 122 heavy (non-hydrogen) atoms. The maximum absolute atomic E-state index is 16.5. The zero-order valence-electron chi connectivity index (χ0n) is 66.8. The number of benzene rings is 7. The van der Waals surface area contributed by atoms with Crippen LogP contribution in [0.2, 0.25) is 10.0 Å². The highest BCUT2D eigenvalue weighted by Gasteiger charge is 2.53. The minimum absolute atomic E-state index is 0.116. The van der Waals surface area contributed by atoms with Crippen molar-refractivity contribution >= 4 is 81.3 Å². The van der Waals surface area contributed by atoms with Gasteiger partial charge in [-0.25, -0.2) is 4.79 Å². The molecule has 0 aliphatic carbocycles. The van der Waals surface area contributed by atoms with Crippen LogP contribution in [0.25, 0.3) is 21.9 Å². The Morgan fingerprint density at radius 1 is 0.656 bits per heavy atom. The van der Waals surface area contributed by atoms with Crippen LogP contribution >= 0.6 is 23.2 Å². The smallest absolute Gasteiger partial charge is 0.330 e. The molecule has 3 saturated heterocycles. The number of aliphatic hydroxyl groups excluding tert-OH is 6. The number of aromatic hydroxyl groups is 3. The number of likely N-dealkylation sites (N-methyl/N-ethyl adjacent to an activating group) is 1. The van der Waals surface area contributed by atoms with Crippen molar-refractivity contribution in [1.29, 1.82) is 0 Å². The fraction of sp³-hybridized carbons (Fsp3) is 0.429. The second-order valence-corrected chi connectivity index (χ2v) is 33.0. The zero-order valence-corrected chi connectivity index (χ0v) is 68.3. The summed E-state index contributed by atoms with van der Waals surface area (Å²) in [5.74, 6) is -16.1. The highest BCUT2D eigenvalue weighted by molar-refractivity contribution is 6.32. The van der Waals surface area contributed by atoms with E-state index in [0.717, 1.165) is 64.9 Å². The molecule has 22 atom stereocenters. The van der Waals surface area contributed by atoms with Crippen LogP contribution in [0.15, 0.2) is 121 Å². The Balaban J connectivity index is 1.03. The summed E-state index contributed by atoms with van der Waals surface area (Å²) in [6.07, 6.45) is -22.8. The highest BCUT2D eigenvalue weighted by Crippen LogP contribution is 2.51. The van der Waals surface area contributed by atoms with Gasteiger partial charge in [-0.15, -0.1) is 0 Å². The van der Waals surface area contributed by atoms with Gasteiger partial charge in [-0.3, -0.25) is 33.6 Å². The summed E-state index contributed by atoms with van der Waals surface area (Å²) in [6.45, 7) is 9.13. The number of hydrogen-bond donors (Lipinski definition) is 20. The molecule has 22 N–H and O–H groups in total. The van der Waals surface area contributed by atoms with Gasteiger partial charge in [0.15, 0.2) is 36.2 Å². The topological polar surface area (TPSA) is 561 Å². The van der Waals surface area contributed by atoms with E-state index in [4.69, 9.17) is 72.6 Å². The number of nitrogens with one attached hydrogen (secondary N) is 8. The molecule has 15 rings (SSSR count). The third-order valence-corrected chi connectivity index (χ3v) is 23.3. The van der Waals surface area contributed by atoms with Gasteiger partial charge in [0.1, 0.15) is 89.5 Å². The predicted octanol–water partition coefficient (Wildman–Crippen LogP) is 3.33. The van der Waals surface area contributed by atoms with Gasteiger partial charge in [0.25, 0.3) is 0 Å². The number of aliphatic hydroxyl groups is 6. The first-order chi connectivity index (χ1) is 57.8. The number of nitrogens with two attached hydrogens (primary N) is 2. The molecule has 36 nitrogen and oxygen atoms in total. The lowest BCUT2D eigenvalue weighted by Crippen LogP contribution is -2.65. The van der Waals surface area contributed by atoms with Gasteiger partial charge in [-0.1, -0.05) is 97.7 Å². The Labute approximate surface area is 707 Å². The van der Waals surface area contributed by atoms with Crippen LogP contribution in [-0.2, 0) is 68.6 Å². The van der Waals surface area contributed by atoms with Crippen molar-refractivity contribution < 1.29 is 127 Å². The third kappa shape index (κ3) is 18.8. The van der Waals surface area contributed by atoms with Crippen molar-refractivity contribution in [3.05, 3.63) is 165 Å². The van der Waals surface area contributed by atoms with Crippen LogP contribution < -0.4 is 68.2 Å². The van der Waals surface area contributed by atoms with Gasteiger partial charge in [0.05, 0.1) is 53.5 Å². The number of rotatable bonds is 18. The van der Waals surface area contributed by atoms with E-state index in [-0.39, 0.29) is 59.2 Å². The van der Waals surface area contributed by atoms with E-state index in [2.05, 4.69) is 42.5 Å². The van der Waals surface area contributed by atoms with Gasteiger partial charge in [-0.05, 0) is 140 Å². The number of primary amides is 1. The summed E-state index contributed by atoms with van der Waals surface area (Å²) in [6, 6.07) is 13.1. The Kier molecular flexibility index (Phi) is 26.6. The standard InChI is InChI=1S/C84H96Cl2N10O26/c1-34(2)21-49(89-7)75(107)95-65-67(102)39-16-19-53(47(85)23-39)117-55-25-42-26-56(71(55)122-82-72(69(104)68(103)57(33-97)119-82)121-60-31-84(6,74(106)36(4)116-60)90-32-41-13-10-12-37-11-8-9-14-44(37)41)118-54-20-17-40(24-48(54)86)70(120-59-30-83(5,88)73(105)35(3)115-59)66-80(112)94-64(81(113)114)46-27-43(98)28-52(100)61(46)45-22-38(15-18-51(45)99)62(77(109)96-66)93-78(110)63(42)92-76(108)50(29-58(87)101)91-79(65)111/h8-20,22-28,34-36,49-50,57,59-60,62-70,72-74,82,89-90,97-100,102-106H,21,29-33,88H2,1-7H3,(H2,87,101)(H,91,111)(H,92,108)(H,93,110)(H,94,112)(H,95,107)(H,96,109)(H,113,114)/t35-,36-,49+,50-,57+,59-,60-,62+,63+,64+,65+,66-,67+,68+,69-,70+,72+,73+,74+,82-,83-,84-/m0/s1. The summed E-state index contributed by atoms with van der Waals surface area (Å²) in [5.41, 5.74) is 7.89. The number of halogens is 2. The van der Waals surface area contributed by atoms with Crippen LogP contribution in [-0.4, -0.2) is 215 Å². The number of ether oxygens (including phenoxy) is 8. The SMILES string of the molecule is CN[C@H](CC(C)C)C(=O)N[C@H]1C(=O)N[C@@H](CC(N)=O)C(=O)N[C@H]2C(=O)N[C@H]3C(=O)N[C@H](C(=O)N[C@@H](C(=O)O)c4cc(O)cc(O)c4-c4cc3ccc4O)[C@H](O[C@H]3C[C@](C)(N)[C@H](O)[C@H](C)O3)c3ccc(c(Cl)c3)Oc3cc2cc(c3O[C@@H]2O[C@H](CO)[C@@H](O)[C@H](O)[C@H]2O[C@H]2C[C@](C)(NCc3cccc4ccccc34)[C@H](O)[C@H](C)O2)Oc2ccc(cc2Cl)[C@H]1O. The van der Waals surface area contributed by atoms with E-state index in [1.165, 1.54) is 51.2 Å². The quantitative estimate of drug-likeness (QED) is 0.0586.